The molecule has 2 aromatic rings. The Kier molecular flexibility index (Phi) is 5.60. The first kappa shape index (κ1) is 15.8. The zero-order valence-electron chi connectivity index (χ0n) is 12.5. The summed E-state index contributed by atoms with van der Waals surface area (Å²) in [6.45, 7) is 6.57. The molecule has 21 heavy (non-hydrogen) atoms. The third kappa shape index (κ3) is 3.75. The van der Waals surface area contributed by atoms with E-state index < -0.39 is 0 Å². The van der Waals surface area contributed by atoms with Gasteiger partial charge in [-0.25, -0.2) is 4.98 Å². The van der Waals surface area contributed by atoms with Gasteiger partial charge in [0.25, 0.3) is 0 Å². The van der Waals surface area contributed by atoms with Crippen LogP contribution < -0.4 is 0 Å². The Morgan fingerprint density at radius 3 is 2.90 bits per heavy atom. The van der Waals surface area contributed by atoms with Crippen LogP contribution >= 0.6 is 11.6 Å². The first-order valence-electron chi connectivity index (χ1n) is 7.19. The lowest BCUT2D eigenvalue weighted by atomic mass is 10.2. The van der Waals surface area contributed by atoms with Crippen LogP contribution in [0.4, 0.5) is 0 Å². The number of aryl methyl sites for hydroxylation is 1. The summed E-state index contributed by atoms with van der Waals surface area (Å²) in [6, 6.07) is 7.82. The van der Waals surface area contributed by atoms with Crippen molar-refractivity contribution >= 4 is 22.6 Å². The number of ether oxygens (including phenoxy) is 1. The molecule has 0 atom stereocenters. The van der Waals surface area contributed by atoms with E-state index in [0.717, 1.165) is 43.0 Å². The Balaban J connectivity index is 2.13. The van der Waals surface area contributed by atoms with Crippen molar-refractivity contribution in [3.63, 3.8) is 0 Å². The quantitative estimate of drug-likeness (QED) is 0.579. The number of alkyl halides is 1. The molecular weight excluding hydrogens is 286 g/mol. The van der Waals surface area contributed by atoms with Crippen LogP contribution in [-0.4, -0.2) is 22.8 Å². The van der Waals surface area contributed by atoms with Crippen LogP contribution in [-0.2, 0) is 17.2 Å². The van der Waals surface area contributed by atoms with Crippen molar-refractivity contribution in [3.05, 3.63) is 29.6 Å². The first-order valence-corrected chi connectivity index (χ1v) is 7.72. The van der Waals surface area contributed by atoms with Crippen LogP contribution in [0.3, 0.4) is 0 Å². The van der Waals surface area contributed by atoms with Gasteiger partial charge in [-0.3, -0.25) is 0 Å². The lowest BCUT2D eigenvalue weighted by Gasteiger charge is -2.09. The van der Waals surface area contributed by atoms with Gasteiger partial charge in [-0.2, -0.15) is 5.26 Å². The molecule has 112 valence electrons. The smallest absolute Gasteiger partial charge is 0.124 e. The summed E-state index contributed by atoms with van der Waals surface area (Å²) in [5.41, 5.74) is 2.29. The summed E-state index contributed by atoms with van der Waals surface area (Å²) in [7, 11) is 0. The average Bonchev–Trinajstić information content (AvgIpc) is 2.84. The Morgan fingerprint density at radius 1 is 1.43 bits per heavy atom. The topological polar surface area (TPSA) is 50.8 Å². The number of benzene rings is 1. The minimum Gasteiger partial charge on any atom is -0.381 e. The van der Waals surface area contributed by atoms with Gasteiger partial charge >= 0.3 is 0 Å². The number of halogens is 1. The van der Waals surface area contributed by atoms with Crippen LogP contribution in [0.25, 0.3) is 11.0 Å². The Bertz CT molecular complexity index is 643. The van der Waals surface area contributed by atoms with Gasteiger partial charge in [-0.05, 0) is 24.5 Å². The summed E-state index contributed by atoms with van der Waals surface area (Å²) < 4.78 is 7.69. The fourth-order valence-corrected chi connectivity index (χ4v) is 2.48. The molecule has 4 nitrogen and oxygen atoms in total. The Hall–Kier alpha value is -1.57. The molecule has 0 aliphatic rings. The Morgan fingerprint density at radius 2 is 2.24 bits per heavy atom. The van der Waals surface area contributed by atoms with E-state index in [1.165, 1.54) is 0 Å². The second-order valence-corrected chi connectivity index (χ2v) is 5.69. The van der Waals surface area contributed by atoms with E-state index in [2.05, 4.69) is 29.5 Å². The van der Waals surface area contributed by atoms with E-state index in [1.54, 1.807) is 6.07 Å². The maximum atomic E-state index is 9.15. The zero-order valence-corrected chi connectivity index (χ0v) is 13.2. The van der Waals surface area contributed by atoms with E-state index in [9.17, 15) is 0 Å². The normalized spacial score (nSPS) is 11.2. The van der Waals surface area contributed by atoms with Crippen molar-refractivity contribution in [2.75, 3.05) is 13.2 Å². The molecular formula is C16H20ClN3O. The molecule has 5 heteroatoms. The molecule has 0 amide bonds. The molecule has 0 radical (unpaired) electrons. The summed E-state index contributed by atoms with van der Waals surface area (Å²) in [6.07, 6.45) is 0.902. The number of nitrogens with zero attached hydrogens (tertiary/aromatic N) is 3. The molecule has 0 N–H and O–H groups in total. The molecule has 0 unspecified atom stereocenters. The highest BCUT2D eigenvalue weighted by Crippen LogP contribution is 2.21. The molecule has 0 spiro atoms. The predicted molar refractivity (Wildman–Crippen MR) is 84.3 cm³/mol. The van der Waals surface area contributed by atoms with Crippen molar-refractivity contribution in [3.8, 4) is 6.07 Å². The van der Waals surface area contributed by atoms with Crippen molar-refractivity contribution < 1.29 is 4.74 Å². The van der Waals surface area contributed by atoms with Crippen molar-refractivity contribution in [1.82, 2.24) is 9.55 Å². The van der Waals surface area contributed by atoms with Crippen molar-refractivity contribution in [2.24, 2.45) is 5.92 Å². The third-order valence-electron chi connectivity index (χ3n) is 3.22. The van der Waals surface area contributed by atoms with Gasteiger partial charge in [0.1, 0.15) is 17.4 Å². The predicted octanol–water partition coefficient (Wildman–Crippen LogP) is 3.71. The van der Waals surface area contributed by atoms with Gasteiger partial charge < -0.3 is 9.30 Å². The van der Waals surface area contributed by atoms with E-state index in [0.29, 0.717) is 17.4 Å². The van der Waals surface area contributed by atoms with Crippen molar-refractivity contribution in [2.45, 2.75) is 32.7 Å². The molecule has 0 saturated carbocycles. The van der Waals surface area contributed by atoms with Gasteiger partial charge in [0.15, 0.2) is 0 Å². The number of para-hydroxylation sites is 1. The molecule has 1 aromatic heterocycles. The van der Waals surface area contributed by atoms with E-state index >= 15 is 0 Å². The van der Waals surface area contributed by atoms with Crippen LogP contribution in [0.1, 0.15) is 31.7 Å². The van der Waals surface area contributed by atoms with Gasteiger partial charge in [-0.1, -0.05) is 19.9 Å². The van der Waals surface area contributed by atoms with Crippen LogP contribution in [0.15, 0.2) is 18.2 Å². The highest BCUT2D eigenvalue weighted by Gasteiger charge is 2.12. The SMILES string of the molecule is CC(C)COCCCn1c(CCl)nc2c(C#N)cccc21. The molecule has 1 heterocycles. The largest absolute Gasteiger partial charge is 0.381 e. The monoisotopic (exact) mass is 305 g/mol. The summed E-state index contributed by atoms with van der Waals surface area (Å²) in [5, 5.41) is 9.15. The minimum atomic E-state index is 0.340. The number of aromatic nitrogens is 2. The summed E-state index contributed by atoms with van der Waals surface area (Å²) >= 11 is 5.98. The molecule has 0 aliphatic carbocycles. The summed E-state index contributed by atoms with van der Waals surface area (Å²) in [5.74, 6) is 1.70. The maximum absolute atomic E-state index is 9.15. The van der Waals surface area contributed by atoms with E-state index in [-0.39, 0.29) is 0 Å². The number of imidazole rings is 1. The zero-order chi connectivity index (χ0) is 15.2. The molecule has 1 aromatic carbocycles. The fraction of sp³-hybridized carbons (Fsp3) is 0.500. The standard InChI is InChI=1S/C16H20ClN3O/c1-12(2)11-21-8-4-7-20-14-6-3-5-13(10-18)16(14)19-15(20)9-17/h3,5-6,12H,4,7-9,11H2,1-2H3. The van der Waals surface area contributed by atoms with E-state index in [1.807, 2.05) is 12.1 Å². The second-order valence-electron chi connectivity index (χ2n) is 5.42. The van der Waals surface area contributed by atoms with Gasteiger partial charge in [-0.15, -0.1) is 11.6 Å². The van der Waals surface area contributed by atoms with Crippen LogP contribution in [0.2, 0.25) is 0 Å². The molecule has 0 saturated heterocycles. The van der Waals surface area contributed by atoms with Crippen LogP contribution in [0.5, 0.6) is 0 Å². The van der Waals surface area contributed by atoms with Crippen LogP contribution in [0, 0.1) is 17.2 Å². The number of fused-ring (bicyclic) bond motifs is 1. The average molecular weight is 306 g/mol. The molecule has 0 aliphatic heterocycles. The third-order valence-corrected chi connectivity index (χ3v) is 3.46. The van der Waals surface area contributed by atoms with Crippen molar-refractivity contribution in [1.29, 1.82) is 5.26 Å². The van der Waals surface area contributed by atoms with Gasteiger partial charge in [0.2, 0.25) is 0 Å². The highest BCUT2D eigenvalue weighted by molar-refractivity contribution is 6.16. The fourth-order valence-electron chi connectivity index (χ4n) is 2.28. The lowest BCUT2D eigenvalue weighted by molar-refractivity contribution is 0.105. The Labute approximate surface area is 130 Å². The maximum Gasteiger partial charge on any atom is 0.124 e. The lowest BCUT2D eigenvalue weighted by Crippen LogP contribution is -2.08. The summed E-state index contributed by atoms with van der Waals surface area (Å²) in [4.78, 5) is 4.50. The number of rotatable bonds is 7. The van der Waals surface area contributed by atoms with Gasteiger partial charge in [0, 0.05) is 19.8 Å². The first-order chi connectivity index (χ1) is 10.2. The highest BCUT2D eigenvalue weighted by atomic mass is 35.5. The second kappa shape index (κ2) is 7.44. The van der Waals surface area contributed by atoms with E-state index in [4.69, 9.17) is 21.6 Å². The molecule has 0 fully saturated rings. The number of nitriles is 1. The number of hydrogen-bond acceptors (Lipinski definition) is 3. The number of hydrogen-bond donors (Lipinski definition) is 0. The minimum absolute atomic E-state index is 0.340. The molecule has 2 rings (SSSR count). The van der Waals surface area contributed by atoms with Gasteiger partial charge in [0.05, 0.1) is 17.0 Å². The molecule has 0 bridgehead atoms.